The van der Waals surface area contributed by atoms with E-state index in [1.165, 1.54) is 11.3 Å². The first-order chi connectivity index (χ1) is 8.45. The summed E-state index contributed by atoms with van der Waals surface area (Å²) in [7, 11) is 0. The molecular weight excluding hydrogens is 291 g/mol. The third kappa shape index (κ3) is 2.96. The first-order valence-electron chi connectivity index (χ1n) is 5.09. The number of benzene rings is 1. The van der Waals surface area contributed by atoms with Crippen LogP contribution in [0.5, 0.6) is 0 Å². The van der Waals surface area contributed by atoms with Gasteiger partial charge in [-0.1, -0.05) is 23.2 Å². The lowest BCUT2D eigenvalue weighted by Gasteiger charge is -2.04. The van der Waals surface area contributed by atoms with Crippen molar-refractivity contribution in [1.29, 1.82) is 0 Å². The standard InChI is InChI=1S/C12H10Cl2N2OS/c1-6-10(15)5-11(18-6)12(17)16-9-3-7(13)2-8(14)4-9/h2-5H,15H2,1H3,(H,16,17). The van der Waals surface area contributed by atoms with Gasteiger partial charge in [-0.2, -0.15) is 0 Å². The van der Waals surface area contributed by atoms with Crippen LogP contribution in [0.2, 0.25) is 10.0 Å². The van der Waals surface area contributed by atoms with Gasteiger partial charge in [0.25, 0.3) is 5.91 Å². The molecule has 3 nitrogen and oxygen atoms in total. The number of anilines is 2. The number of nitrogens with two attached hydrogens (primary N) is 1. The highest BCUT2D eigenvalue weighted by Gasteiger charge is 2.11. The predicted octanol–water partition coefficient (Wildman–Crippen LogP) is 4.20. The molecule has 0 aliphatic rings. The van der Waals surface area contributed by atoms with Crippen molar-refractivity contribution in [3.8, 4) is 0 Å². The number of amides is 1. The van der Waals surface area contributed by atoms with Gasteiger partial charge in [0.05, 0.1) is 4.88 Å². The van der Waals surface area contributed by atoms with Gasteiger partial charge in [-0.25, -0.2) is 0 Å². The molecule has 1 amide bonds. The van der Waals surface area contributed by atoms with Crippen LogP contribution in [0.4, 0.5) is 11.4 Å². The number of carbonyl (C=O) groups excluding carboxylic acids is 1. The molecule has 2 aromatic rings. The molecule has 94 valence electrons. The molecule has 0 spiro atoms. The van der Waals surface area contributed by atoms with Gasteiger partial charge in [-0.15, -0.1) is 11.3 Å². The van der Waals surface area contributed by atoms with Crippen LogP contribution in [-0.2, 0) is 0 Å². The second-order valence-electron chi connectivity index (χ2n) is 3.73. The van der Waals surface area contributed by atoms with Gasteiger partial charge in [-0.05, 0) is 31.2 Å². The highest BCUT2D eigenvalue weighted by Crippen LogP contribution is 2.26. The van der Waals surface area contributed by atoms with Gasteiger partial charge in [0.15, 0.2) is 0 Å². The molecule has 1 aromatic heterocycles. The molecule has 2 rings (SSSR count). The van der Waals surface area contributed by atoms with Crippen LogP contribution in [0.15, 0.2) is 24.3 Å². The Balaban J connectivity index is 2.21. The van der Waals surface area contributed by atoms with Crippen molar-refractivity contribution >= 4 is 51.8 Å². The zero-order valence-corrected chi connectivity index (χ0v) is 11.8. The topological polar surface area (TPSA) is 55.1 Å². The minimum Gasteiger partial charge on any atom is -0.398 e. The molecule has 0 unspecified atom stereocenters. The Morgan fingerprint density at radius 3 is 2.33 bits per heavy atom. The van der Waals surface area contributed by atoms with Crippen molar-refractivity contribution in [3.63, 3.8) is 0 Å². The van der Waals surface area contributed by atoms with Crippen LogP contribution in [0.1, 0.15) is 14.5 Å². The maximum atomic E-state index is 12.0. The van der Waals surface area contributed by atoms with Crippen molar-refractivity contribution < 1.29 is 4.79 Å². The van der Waals surface area contributed by atoms with Crippen molar-refractivity contribution in [2.75, 3.05) is 11.1 Å². The van der Waals surface area contributed by atoms with Gasteiger partial charge in [0, 0.05) is 26.3 Å². The number of hydrogen-bond donors (Lipinski definition) is 2. The largest absolute Gasteiger partial charge is 0.398 e. The van der Waals surface area contributed by atoms with Crippen molar-refractivity contribution in [2.24, 2.45) is 0 Å². The Morgan fingerprint density at radius 2 is 1.83 bits per heavy atom. The summed E-state index contributed by atoms with van der Waals surface area (Å²) in [5.74, 6) is -0.224. The molecule has 0 saturated carbocycles. The van der Waals surface area contributed by atoms with Gasteiger partial charge < -0.3 is 11.1 Å². The monoisotopic (exact) mass is 300 g/mol. The molecule has 18 heavy (non-hydrogen) atoms. The molecule has 0 fully saturated rings. The molecule has 6 heteroatoms. The lowest BCUT2D eigenvalue weighted by molar-refractivity contribution is 0.103. The number of nitrogens with one attached hydrogen (secondary N) is 1. The summed E-state index contributed by atoms with van der Waals surface area (Å²) in [6.07, 6.45) is 0. The fourth-order valence-electron chi connectivity index (χ4n) is 1.43. The fourth-order valence-corrected chi connectivity index (χ4v) is 2.79. The van der Waals surface area contributed by atoms with E-state index >= 15 is 0 Å². The molecule has 0 radical (unpaired) electrons. The van der Waals surface area contributed by atoms with E-state index in [2.05, 4.69) is 5.32 Å². The Morgan fingerprint density at radius 1 is 1.22 bits per heavy atom. The van der Waals surface area contributed by atoms with E-state index < -0.39 is 0 Å². The minimum atomic E-state index is -0.224. The molecule has 0 bridgehead atoms. The number of rotatable bonds is 2. The molecule has 1 heterocycles. The first-order valence-corrected chi connectivity index (χ1v) is 6.66. The molecule has 1 aromatic carbocycles. The maximum absolute atomic E-state index is 12.0. The number of aryl methyl sites for hydroxylation is 1. The summed E-state index contributed by atoms with van der Waals surface area (Å²) in [6, 6.07) is 6.53. The third-order valence-electron chi connectivity index (χ3n) is 2.30. The van der Waals surface area contributed by atoms with Crippen LogP contribution in [-0.4, -0.2) is 5.91 Å². The normalized spacial score (nSPS) is 10.4. The Hall–Kier alpha value is -1.23. The predicted molar refractivity (Wildman–Crippen MR) is 77.9 cm³/mol. The zero-order valence-electron chi connectivity index (χ0n) is 9.46. The van der Waals surface area contributed by atoms with Gasteiger partial charge in [-0.3, -0.25) is 4.79 Å². The summed E-state index contributed by atoms with van der Waals surface area (Å²) in [5, 5.41) is 3.67. The number of carbonyl (C=O) groups is 1. The number of thiophene rings is 1. The van der Waals surface area contributed by atoms with E-state index in [1.807, 2.05) is 6.92 Å². The Kier molecular flexibility index (Phi) is 3.80. The molecule has 3 N–H and O–H groups in total. The van der Waals surface area contributed by atoms with Crippen molar-refractivity contribution in [1.82, 2.24) is 0 Å². The minimum absolute atomic E-state index is 0.224. The van der Waals surface area contributed by atoms with E-state index in [9.17, 15) is 4.79 Å². The van der Waals surface area contributed by atoms with Crippen LogP contribution in [0, 0.1) is 6.92 Å². The second kappa shape index (κ2) is 5.18. The summed E-state index contributed by atoms with van der Waals surface area (Å²) < 4.78 is 0. The molecule has 0 atom stereocenters. The van der Waals surface area contributed by atoms with Crippen LogP contribution in [0.25, 0.3) is 0 Å². The number of halogens is 2. The highest BCUT2D eigenvalue weighted by molar-refractivity contribution is 7.14. The van der Waals surface area contributed by atoms with E-state index in [-0.39, 0.29) is 5.91 Å². The quantitative estimate of drug-likeness (QED) is 0.873. The molecule has 0 saturated heterocycles. The number of nitrogen functional groups attached to an aromatic ring is 1. The average Bonchev–Trinajstić information content (AvgIpc) is 2.57. The highest BCUT2D eigenvalue weighted by atomic mass is 35.5. The van der Waals surface area contributed by atoms with Crippen LogP contribution < -0.4 is 11.1 Å². The summed E-state index contributed by atoms with van der Waals surface area (Å²) >= 11 is 13.1. The third-order valence-corrected chi connectivity index (χ3v) is 3.80. The SMILES string of the molecule is Cc1sc(C(=O)Nc2cc(Cl)cc(Cl)c2)cc1N. The lowest BCUT2D eigenvalue weighted by Crippen LogP contribution is -2.10. The van der Waals surface area contributed by atoms with Gasteiger partial charge in [0.1, 0.15) is 0 Å². The summed E-state index contributed by atoms with van der Waals surface area (Å²) in [4.78, 5) is 13.4. The van der Waals surface area contributed by atoms with Crippen molar-refractivity contribution in [3.05, 3.63) is 44.1 Å². The maximum Gasteiger partial charge on any atom is 0.265 e. The van der Waals surface area contributed by atoms with Crippen LogP contribution in [0.3, 0.4) is 0 Å². The zero-order chi connectivity index (χ0) is 13.3. The average molecular weight is 301 g/mol. The Labute approximate surface area is 119 Å². The Bertz CT molecular complexity index is 570. The van der Waals surface area contributed by atoms with Crippen molar-refractivity contribution in [2.45, 2.75) is 6.92 Å². The molecule has 0 aliphatic carbocycles. The lowest BCUT2D eigenvalue weighted by atomic mass is 10.3. The van der Waals surface area contributed by atoms with E-state index in [0.717, 1.165) is 4.88 Å². The van der Waals surface area contributed by atoms with E-state index in [0.29, 0.717) is 26.3 Å². The van der Waals surface area contributed by atoms with Gasteiger partial charge in [0.2, 0.25) is 0 Å². The van der Waals surface area contributed by atoms with E-state index in [4.69, 9.17) is 28.9 Å². The summed E-state index contributed by atoms with van der Waals surface area (Å²) in [6.45, 7) is 1.87. The fraction of sp³-hybridized carbons (Fsp3) is 0.0833. The molecular formula is C12H10Cl2N2OS. The molecule has 0 aliphatic heterocycles. The van der Waals surface area contributed by atoms with Gasteiger partial charge >= 0.3 is 0 Å². The van der Waals surface area contributed by atoms with Crippen LogP contribution >= 0.6 is 34.5 Å². The summed E-state index contributed by atoms with van der Waals surface area (Å²) in [5.41, 5.74) is 6.89. The second-order valence-corrected chi connectivity index (χ2v) is 5.86. The number of hydrogen-bond acceptors (Lipinski definition) is 3. The smallest absolute Gasteiger partial charge is 0.265 e. The van der Waals surface area contributed by atoms with E-state index in [1.54, 1.807) is 24.3 Å². The first kappa shape index (κ1) is 13.2.